The molecule has 3 fully saturated rings. The largest absolute Gasteiger partial charge is 0.393 e. The molecule has 5 nitrogen and oxygen atoms in total. The van der Waals surface area contributed by atoms with Crippen molar-refractivity contribution in [3.63, 3.8) is 0 Å². The molecule has 6 heteroatoms. The normalized spacial score (nSPS) is 37.5. The molecular weight excluding hydrogens is 278 g/mol. The van der Waals surface area contributed by atoms with Gasteiger partial charge in [0, 0.05) is 31.7 Å². The van der Waals surface area contributed by atoms with Crippen molar-refractivity contribution in [3.05, 3.63) is 0 Å². The molecule has 2 aliphatic heterocycles. The molecule has 2 saturated heterocycles. The highest BCUT2D eigenvalue weighted by atomic mass is 32.2. The average Bonchev–Trinajstić information content (AvgIpc) is 3.08. The highest BCUT2D eigenvalue weighted by Gasteiger charge is 2.45. The van der Waals surface area contributed by atoms with Gasteiger partial charge in [-0.2, -0.15) is 4.31 Å². The molecule has 1 aliphatic carbocycles. The molecular formula is C14H25NO4S. The standard InChI is InChI=1S/C14H25NO4S/c16-14-5-1-3-12(14)13-4-2-8-15(13)20(17,18)11-6-9-19-10-7-11/h11-14,16H,1-10H2. The van der Waals surface area contributed by atoms with E-state index in [0.717, 1.165) is 32.1 Å². The van der Waals surface area contributed by atoms with Gasteiger partial charge in [-0.3, -0.25) is 0 Å². The van der Waals surface area contributed by atoms with E-state index in [9.17, 15) is 13.5 Å². The van der Waals surface area contributed by atoms with Crippen LogP contribution in [0.2, 0.25) is 0 Å². The smallest absolute Gasteiger partial charge is 0.217 e. The first-order chi connectivity index (χ1) is 9.60. The van der Waals surface area contributed by atoms with E-state index in [1.807, 2.05) is 0 Å². The maximum absolute atomic E-state index is 12.9. The van der Waals surface area contributed by atoms with Crippen molar-refractivity contribution < 1.29 is 18.3 Å². The molecule has 0 radical (unpaired) electrons. The van der Waals surface area contributed by atoms with E-state index in [1.54, 1.807) is 4.31 Å². The molecule has 3 unspecified atom stereocenters. The van der Waals surface area contributed by atoms with E-state index in [-0.39, 0.29) is 23.3 Å². The van der Waals surface area contributed by atoms with Gasteiger partial charge in [-0.1, -0.05) is 6.42 Å². The van der Waals surface area contributed by atoms with E-state index in [1.165, 1.54) is 0 Å². The zero-order chi connectivity index (χ0) is 14.2. The summed E-state index contributed by atoms with van der Waals surface area (Å²) in [5.74, 6) is 0.145. The van der Waals surface area contributed by atoms with E-state index in [0.29, 0.717) is 32.6 Å². The fourth-order valence-corrected chi connectivity index (χ4v) is 6.29. The van der Waals surface area contributed by atoms with Gasteiger partial charge in [-0.05, 0) is 38.5 Å². The van der Waals surface area contributed by atoms with Crippen molar-refractivity contribution in [1.29, 1.82) is 0 Å². The second-order valence-electron chi connectivity index (χ2n) is 6.34. The summed E-state index contributed by atoms with van der Waals surface area (Å²) in [7, 11) is -3.23. The Labute approximate surface area is 121 Å². The zero-order valence-corrected chi connectivity index (χ0v) is 12.7. The zero-order valence-electron chi connectivity index (χ0n) is 11.9. The average molecular weight is 303 g/mol. The Hall–Kier alpha value is -0.170. The monoisotopic (exact) mass is 303 g/mol. The molecule has 2 heterocycles. The Bertz CT molecular complexity index is 432. The second-order valence-corrected chi connectivity index (χ2v) is 8.50. The van der Waals surface area contributed by atoms with Crippen LogP contribution < -0.4 is 0 Å². The number of aliphatic hydroxyl groups excluding tert-OH is 1. The molecule has 3 rings (SSSR count). The third kappa shape index (κ3) is 2.63. The predicted octanol–water partition coefficient (Wildman–Crippen LogP) is 1.12. The number of rotatable bonds is 3. The third-order valence-corrected chi connectivity index (χ3v) is 7.61. The Balaban J connectivity index is 1.77. The molecule has 0 aromatic carbocycles. The van der Waals surface area contributed by atoms with Crippen LogP contribution in [0.3, 0.4) is 0 Å². The molecule has 0 aromatic heterocycles. The van der Waals surface area contributed by atoms with Crippen molar-refractivity contribution in [2.45, 2.75) is 62.3 Å². The number of ether oxygens (including phenoxy) is 1. The number of nitrogens with zero attached hydrogens (tertiary/aromatic N) is 1. The van der Waals surface area contributed by atoms with Crippen molar-refractivity contribution in [3.8, 4) is 0 Å². The molecule has 0 spiro atoms. The molecule has 0 bridgehead atoms. The van der Waals surface area contributed by atoms with Crippen molar-refractivity contribution in [2.75, 3.05) is 19.8 Å². The highest BCUT2D eigenvalue weighted by Crippen LogP contribution is 2.38. The van der Waals surface area contributed by atoms with Gasteiger partial charge < -0.3 is 9.84 Å². The minimum Gasteiger partial charge on any atom is -0.393 e. The van der Waals surface area contributed by atoms with Gasteiger partial charge in [-0.15, -0.1) is 0 Å². The molecule has 3 atom stereocenters. The molecule has 3 aliphatic rings. The third-order valence-electron chi connectivity index (χ3n) is 5.19. The van der Waals surface area contributed by atoms with Gasteiger partial charge in [0.1, 0.15) is 0 Å². The second kappa shape index (κ2) is 5.91. The van der Waals surface area contributed by atoms with Crippen LogP contribution in [0.15, 0.2) is 0 Å². The summed E-state index contributed by atoms with van der Waals surface area (Å²) in [6.45, 7) is 1.73. The summed E-state index contributed by atoms with van der Waals surface area (Å²) < 4.78 is 32.7. The Morgan fingerprint density at radius 1 is 1.00 bits per heavy atom. The van der Waals surface area contributed by atoms with E-state index >= 15 is 0 Å². The van der Waals surface area contributed by atoms with Crippen LogP contribution in [0.4, 0.5) is 0 Å². The molecule has 0 aromatic rings. The van der Waals surface area contributed by atoms with Gasteiger partial charge in [0.2, 0.25) is 10.0 Å². The van der Waals surface area contributed by atoms with Crippen LogP contribution in [0, 0.1) is 5.92 Å². The number of aliphatic hydroxyl groups is 1. The fourth-order valence-electron chi connectivity index (χ4n) is 4.09. The lowest BCUT2D eigenvalue weighted by Crippen LogP contribution is -2.47. The fraction of sp³-hybridized carbons (Fsp3) is 1.00. The molecule has 1 N–H and O–H groups in total. The summed E-state index contributed by atoms with van der Waals surface area (Å²) in [5, 5.41) is 9.82. The maximum Gasteiger partial charge on any atom is 0.217 e. The summed E-state index contributed by atoms with van der Waals surface area (Å²) in [5.41, 5.74) is 0. The predicted molar refractivity (Wildman–Crippen MR) is 75.8 cm³/mol. The van der Waals surface area contributed by atoms with Crippen molar-refractivity contribution >= 4 is 10.0 Å². The summed E-state index contributed by atoms with van der Waals surface area (Å²) in [6.07, 6.45) is 5.55. The number of sulfonamides is 1. The first-order valence-corrected chi connectivity index (χ1v) is 9.37. The molecule has 1 saturated carbocycles. The number of hydrogen-bond donors (Lipinski definition) is 1. The van der Waals surface area contributed by atoms with Gasteiger partial charge >= 0.3 is 0 Å². The maximum atomic E-state index is 12.9. The van der Waals surface area contributed by atoms with Gasteiger partial charge in [0.25, 0.3) is 0 Å². The van der Waals surface area contributed by atoms with Crippen molar-refractivity contribution in [2.24, 2.45) is 5.92 Å². The van der Waals surface area contributed by atoms with E-state index in [2.05, 4.69) is 0 Å². The topological polar surface area (TPSA) is 66.8 Å². The molecule has 116 valence electrons. The molecule has 20 heavy (non-hydrogen) atoms. The number of hydrogen-bond acceptors (Lipinski definition) is 4. The lowest BCUT2D eigenvalue weighted by molar-refractivity contribution is 0.0897. The van der Waals surface area contributed by atoms with Gasteiger partial charge in [0.15, 0.2) is 0 Å². The minimum absolute atomic E-state index is 0.0281. The lowest BCUT2D eigenvalue weighted by Gasteiger charge is -2.34. The van der Waals surface area contributed by atoms with Crippen LogP contribution in [-0.2, 0) is 14.8 Å². The minimum atomic E-state index is -3.23. The van der Waals surface area contributed by atoms with E-state index < -0.39 is 10.0 Å². The van der Waals surface area contributed by atoms with Crippen molar-refractivity contribution in [1.82, 2.24) is 4.31 Å². The van der Waals surface area contributed by atoms with Crippen LogP contribution in [-0.4, -0.2) is 55.0 Å². The van der Waals surface area contributed by atoms with Crippen LogP contribution in [0.25, 0.3) is 0 Å². The SMILES string of the molecule is O=S(=O)(C1CCOCC1)N1CCCC1C1CCCC1O. The quantitative estimate of drug-likeness (QED) is 0.848. The summed E-state index contributed by atoms with van der Waals surface area (Å²) in [4.78, 5) is 0. The van der Waals surface area contributed by atoms with Crippen LogP contribution in [0.1, 0.15) is 44.9 Å². The Morgan fingerprint density at radius 3 is 2.40 bits per heavy atom. The van der Waals surface area contributed by atoms with Gasteiger partial charge in [-0.25, -0.2) is 8.42 Å². The molecule has 0 amide bonds. The van der Waals surface area contributed by atoms with Crippen LogP contribution in [0.5, 0.6) is 0 Å². The summed E-state index contributed by atoms with van der Waals surface area (Å²) in [6, 6.07) is 0.0281. The van der Waals surface area contributed by atoms with E-state index in [4.69, 9.17) is 4.74 Å². The Kier molecular flexibility index (Phi) is 4.36. The first-order valence-electron chi connectivity index (χ1n) is 7.87. The van der Waals surface area contributed by atoms with Crippen LogP contribution >= 0.6 is 0 Å². The highest BCUT2D eigenvalue weighted by molar-refractivity contribution is 7.89. The first kappa shape index (κ1) is 14.8. The van der Waals surface area contributed by atoms with Gasteiger partial charge in [0.05, 0.1) is 11.4 Å². The Morgan fingerprint density at radius 2 is 1.75 bits per heavy atom. The summed E-state index contributed by atoms with van der Waals surface area (Å²) >= 11 is 0. The lowest BCUT2D eigenvalue weighted by atomic mass is 9.95.